The molecule has 0 spiro atoms. The van der Waals surface area contributed by atoms with Gasteiger partial charge in [-0.25, -0.2) is 0 Å². The Bertz CT molecular complexity index is 555. The van der Waals surface area contributed by atoms with Crippen LogP contribution in [0.25, 0.3) is 0 Å². The van der Waals surface area contributed by atoms with E-state index in [9.17, 15) is 14.4 Å². The van der Waals surface area contributed by atoms with Crippen molar-refractivity contribution in [2.24, 2.45) is 11.5 Å². The third kappa shape index (κ3) is 4.85. The lowest BCUT2D eigenvalue weighted by Crippen LogP contribution is -2.39. The average molecular weight is 306 g/mol. The van der Waals surface area contributed by atoms with Gasteiger partial charge in [-0.3, -0.25) is 14.4 Å². The molecule has 7 nitrogen and oxygen atoms in total. The van der Waals surface area contributed by atoms with E-state index in [1.807, 2.05) is 13.8 Å². The molecule has 22 heavy (non-hydrogen) atoms. The summed E-state index contributed by atoms with van der Waals surface area (Å²) >= 11 is 0. The number of carbonyl (C=O) groups is 3. The van der Waals surface area contributed by atoms with Crippen LogP contribution in [0.2, 0.25) is 0 Å². The van der Waals surface area contributed by atoms with Gasteiger partial charge in [0.25, 0.3) is 5.91 Å². The van der Waals surface area contributed by atoms with Crippen LogP contribution in [0.3, 0.4) is 0 Å². The van der Waals surface area contributed by atoms with Crippen molar-refractivity contribution in [3.63, 3.8) is 0 Å². The molecule has 0 saturated carbocycles. The molecule has 1 rings (SSSR count). The summed E-state index contributed by atoms with van der Waals surface area (Å²) in [5.41, 5.74) is 11.5. The molecular formula is C15H22N4O3. The van der Waals surface area contributed by atoms with Crippen molar-refractivity contribution >= 4 is 23.4 Å². The van der Waals surface area contributed by atoms with Crippen molar-refractivity contribution in [1.82, 2.24) is 4.90 Å². The van der Waals surface area contributed by atoms with E-state index in [4.69, 9.17) is 11.5 Å². The average Bonchev–Trinajstić information content (AvgIpc) is 2.47. The van der Waals surface area contributed by atoms with Crippen molar-refractivity contribution in [2.75, 3.05) is 18.4 Å². The molecule has 1 atom stereocenters. The summed E-state index contributed by atoms with van der Waals surface area (Å²) in [6.07, 6.45) is -0.232. The number of primary amides is 1. The molecule has 0 radical (unpaired) electrons. The summed E-state index contributed by atoms with van der Waals surface area (Å²) in [5.74, 6) is -1.28. The fourth-order valence-corrected chi connectivity index (χ4v) is 1.97. The van der Waals surface area contributed by atoms with Gasteiger partial charge >= 0.3 is 0 Å². The Kier molecular flexibility index (Phi) is 6.52. The standard InChI is InChI=1S/C15H22N4O3/c1-3-19(4-2)15(22)10-6-5-7-11(8-10)18-14(21)12(16)9-13(17)20/h5-8,12H,3-4,9,16H2,1-2H3,(H2,17,20)(H,18,21). The van der Waals surface area contributed by atoms with E-state index >= 15 is 0 Å². The molecule has 0 aliphatic rings. The van der Waals surface area contributed by atoms with Gasteiger partial charge in [0.1, 0.15) is 0 Å². The molecule has 0 aliphatic heterocycles. The molecule has 0 heterocycles. The highest BCUT2D eigenvalue weighted by atomic mass is 16.2. The Balaban J connectivity index is 2.82. The molecule has 1 aromatic carbocycles. The number of benzene rings is 1. The number of carbonyl (C=O) groups excluding carboxylic acids is 3. The fraction of sp³-hybridized carbons (Fsp3) is 0.400. The fourth-order valence-electron chi connectivity index (χ4n) is 1.97. The number of amides is 3. The summed E-state index contributed by atoms with van der Waals surface area (Å²) < 4.78 is 0. The lowest BCUT2D eigenvalue weighted by Gasteiger charge is -2.19. The number of nitrogens with zero attached hydrogens (tertiary/aromatic N) is 1. The van der Waals surface area contributed by atoms with Crippen LogP contribution in [0.1, 0.15) is 30.6 Å². The van der Waals surface area contributed by atoms with E-state index in [1.165, 1.54) is 0 Å². The van der Waals surface area contributed by atoms with Crippen LogP contribution in [-0.2, 0) is 9.59 Å². The Morgan fingerprint density at radius 2 is 1.86 bits per heavy atom. The van der Waals surface area contributed by atoms with Crippen LogP contribution >= 0.6 is 0 Å². The van der Waals surface area contributed by atoms with Crippen molar-refractivity contribution < 1.29 is 14.4 Å². The van der Waals surface area contributed by atoms with E-state index in [2.05, 4.69) is 5.32 Å². The summed E-state index contributed by atoms with van der Waals surface area (Å²) in [6.45, 7) is 5.01. The molecule has 0 bridgehead atoms. The van der Waals surface area contributed by atoms with Gasteiger partial charge in [0.15, 0.2) is 0 Å². The molecule has 5 N–H and O–H groups in total. The van der Waals surface area contributed by atoms with Crippen LogP contribution in [-0.4, -0.2) is 41.8 Å². The minimum atomic E-state index is -1.01. The predicted molar refractivity (Wildman–Crippen MR) is 84.1 cm³/mol. The van der Waals surface area contributed by atoms with Gasteiger partial charge in [-0.1, -0.05) is 6.07 Å². The smallest absolute Gasteiger partial charge is 0.253 e. The highest BCUT2D eigenvalue weighted by Crippen LogP contribution is 2.13. The van der Waals surface area contributed by atoms with E-state index in [0.717, 1.165) is 0 Å². The maximum Gasteiger partial charge on any atom is 0.253 e. The predicted octanol–water partition coefficient (Wildman–Crippen LogP) is 0.310. The number of hydrogen-bond donors (Lipinski definition) is 3. The van der Waals surface area contributed by atoms with Gasteiger partial charge in [0.05, 0.1) is 12.5 Å². The normalized spacial score (nSPS) is 11.6. The highest BCUT2D eigenvalue weighted by Gasteiger charge is 2.17. The first-order valence-corrected chi connectivity index (χ1v) is 7.13. The minimum Gasteiger partial charge on any atom is -0.370 e. The number of rotatable bonds is 7. The first kappa shape index (κ1) is 17.6. The SMILES string of the molecule is CCN(CC)C(=O)c1cccc(NC(=O)C(N)CC(N)=O)c1. The van der Waals surface area contributed by atoms with E-state index in [0.29, 0.717) is 24.3 Å². The third-order valence-electron chi connectivity index (χ3n) is 3.19. The second-order valence-corrected chi connectivity index (χ2v) is 4.82. The van der Waals surface area contributed by atoms with Gasteiger partial charge in [0, 0.05) is 24.3 Å². The number of nitrogens with two attached hydrogens (primary N) is 2. The third-order valence-corrected chi connectivity index (χ3v) is 3.19. The lowest BCUT2D eigenvalue weighted by molar-refractivity contribution is -0.123. The van der Waals surface area contributed by atoms with E-state index in [-0.39, 0.29) is 12.3 Å². The molecule has 120 valence electrons. The Hall–Kier alpha value is -2.41. The van der Waals surface area contributed by atoms with Crippen molar-refractivity contribution in [1.29, 1.82) is 0 Å². The molecule has 7 heteroatoms. The first-order chi connectivity index (χ1) is 10.4. The molecule has 1 unspecified atom stereocenters. The first-order valence-electron chi connectivity index (χ1n) is 7.13. The van der Waals surface area contributed by atoms with Gasteiger partial charge in [-0.05, 0) is 32.0 Å². The minimum absolute atomic E-state index is 0.109. The van der Waals surface area contributed by atoms with Gasteiger partial charge < -0.3 is 21.7 Å². The highest BCUT2D eigenvalue weighted by molar-refractivity contribution is 5.99. The zero-order chi connectivity index (χ0) is 16.7. The molecule has 3 amide bonds. The zero-order valence-corrected chi connectivity index (χ0v) is 12.8. The van der Waals surface area contributed by atoms with Crippen LogP contribution in [0.4, 0.5) is 5.69 Å². The monoisotopic (exact) mass is 306 g/mol. The van der Waals surface area contributed by atoms with Gasteiger partial charge in [-0.15, -0.1) is 0 Å². The van der Waals surface area contributed by atoms with Crippen LogP contribution in [0.15, 0.2) is 24.3 Å². The Labute approximate surface area is 129 Å². The maximum absolute atomic E-state index is 12.3. The summed E-state index contributed by atoms with van der Waals surface area (Å²) in [6, 6.07) is 5.56. The van der Waals surface area contributed by atoms with E-state index < -0.39 is 17.9 Å². The molecule has 0 fully saturated rings. The topological polar surface area (TPSA) is 119 Å². The van der Waals surface area contributed by atoms with Gasteiger partial charge in [-0.2, -0.15) is 0 Å². The molecule has 0 aliphatic carbocycles. The zero-order valence-electron chi connectivity index (χ0n) is 12.8. The summed E-state index contributed by atoms with van der Waals surface area (Å²) in [5, 5.41) is 2.57. The Morgan fingerprint density at radius 3 is 2.41 bits per heavy atom. The lowest BCUT2D eigenvalue weighted by atomic mass is 10.1. The molecule has 0 aromatic heterocycles. The summed E-state index contributed by atoms with van der Waals surface area (Å²) in [4.78, 5) is 36.5. The largest absolute Gasteiger partial charge is 0.370 e. The van der Waals surface area contributed by atoms with Gasteiger partial charge in [0.2, 0.25) is 11.8 Å². The van der Waals surface area contributed by atoms with Crippen molar-refractivity contribution in [3.8, 4) is 0 Å². The Morgan fingerprint density at radius 1 is 1.23 bits per heavy atom. The van der Waals surface area contributed by atoms with Crippen LogP contribution in [0.5, 0.6) is 0 Å². The number of anilines is 1. The van der Waals surface area contributed by atoms with Crippen LogP contribution in [0, 0.1) is 0 Å². The number of hydrogen-bond acceptors (Lipinski definition) is 4. The quantitative estimate of drug-likeness (QED) is 0.671. The van der Waals surface area contributed by atoms with Crippen molar-refractivity contribution in [2.45, 2.75) is 26.3 Å². The van der Waals surface area contributed by atoms with E-state index in [1.54, 1.807) is 29.2 Å². The maximum atomic E-state index is 12.3. The molecular weight excluding hydrogens is 284 g/mol. The molecule has 0 saturated heterocycles. The second-order valence-electron chi connectivity index (χ2n) is 4.82. The molecule has 1 aromatic rings. The second kappa shape index (κ2) is 8.14. The van der Waals surface area contributed by atoms with Crippen molar-refractivity contribution in [3.05, 3.63) is 29.8 Å². The van der Waals surface area contributed by atoms with Crippen LogP contribution < -0.4 is 16.8 Å². The number of nitrogens with one attached hydrogen (secondary N) is 1. The summed E-state index contributed by atoms with van der Waals surface area (Å²) in [7, 11) is 0.